The van der Waals surface area contributed by atoms with Gasteiger partial charge in [-0.2, -0.15) is 4.31 Å². The summed E-state index contributed by atoms with van der Waals surface area (Å²) in [5.41, 5.74) is 0.281. The minimum atomic E-state index is -3.62. The first-order valence-electron chi connectivity index (χ1n) is 6.28. The molecule has 1 unspecified atom stereocenters. The molecule has 2 rings (SSSR count). The third-order valence-electron chi connectivity index (χ3n) is 3.57. The summed E-state index contributed by atoms with van der Waals surface area (Å²) >= 11 is 0. The van der Waals surface area contributed by atoms with Gasteiger partial charge >= 0.3 is 0 Å². The van der Waals surface area contributed by atoms with Crippen molar-refractivity contribution in [1.29, 1.82) is 0 Å². The summed E-state index contributed by atoms with van der Waals surface area (Å²) < 4.78 is 26.4. The molecular weight excluding hydrogens is 282 g/mol. The van der Waals surface area contributed by atoms with Gasteiger partial charge in [0.25, 0.3) is 5.69 Å². The summed E-state index contributed by atoms with van der Waals surface area (Å²) in [6.07, 6.45) is 0.766. The number of nitrogens with zero attached hydrogens (tertiary/aromatic N) is 2. The SMILES string of the molecule is Cc1cc([N+](=O)[O-])ccc1S(=O)(=O)N(C)C1CCNC1. The molecule has 20 heavy (non-hydrogen) atoms. The van der Waals surface area contributed by atoms with Gasteiger partial charge in [0.2, 0.25) is 10.0 Å². The maximum atomic E-state index is 12.5. The molecule has 8 heteroatoms. The van der Waals surface area contributed by atoms with Crippen LogP contribution in [0.15, 0.2) is 23.1 Å². The predicted molar refractivity (Wildman–Crippen MR) is 74.1 cm³/mol. The molecule has 0 aliphatic carbocycles. The number of non-ortho nitro benzene ring substituents is 1. The van der Waals surface area contributed by atoms with Crippen molar-refractivity contribution in [3.05, 3.63) is 33.9 Å². The van der Waals surface area contributed by atoms with Crippen LogP contribution < -0.4 is 5.32 Å². The maximum absolute atomic E-state index is 12.5. The molecule has 1 aliphatic rings. The van der Waals surface area contributed by atoms with Crippen LogP contribution in [0.25, 0.3) is 0 Å². The standard InChI is InChI=1S/C12H17N3O4S/c1-9-7-10(15(16)17)3-4-12(9)20(18,19)14(2)11-5-6-13-8-11/h3-4,7,11,13H,5-6,8H2,1-2H3. The van der Waals surface area contributed by atoms with E-state index in [0.717, 1.165) is 13.0 Å². The van der Waals surface area contributed by atoms with Crippen molar-refractivity contribution < 1.29 is 13.3 Å². The number of nitro benzene ring substituents is 1. The van der Waals surface area contributed by atoms with Gasteiger partial charge in [0.15, 0.2) is 0 Å². The van der Waals surface area contributed by atoms with Crippen LogP contribution in [0.5, 0.6) is 0 Å². The van der Waals surface area contributed by atoms with E-state index < -0.39 is 14.9 Å². The highest BCUT2D eigenvalue weighted by Crippen LogP contribution is 2.25. The lowest BCUT2D eigenvalue weighted by molar-refractivity contribution is -0.385. The molecule has 1 N–H and O–H groups in total. The Bertz CT molecular complexity index is 624. The molecule has 0 aromatic heterocycles. The number of rotatable bonds is 4. The number of nitrogens with one attached hydrogen (secondary N) is 1. The molecule has 0 spiro atoms. The molecule has 0 amide bonds. The van der Waals surface area contributed by atoms with Gasteiger partial charge < -0.3 is 5.32 Å². The van der Waals surface area contributed by atoms with E-state index in [1.165, 1.54) is 22.5 Å². The zero-order valence-electron chi connectivity index (χ0n) is 11.4. The highest BCUT2D eigenvalue weighted by atomic mass is 32.2. The number of hydrogen-bond donors (Lipinski definition) is 1. The molecular formula is C12H17N3O4S. The van der Waals surface area contributed by atoms with Crippen LogP contribution in [-0.4, -0.2) is 43.8 Å². The van der Waals surface area contributed by atoms with Crippen molar-refractivity contribution in [2.75, 3.05) is 20.1 Å². The van der Waals surface area contributed by atoms with Crippen LogP contribution >= 0.6 is 0 Å². The lowest BCUT2D eigenvalue weighted by Gasteiger charge is -2.23. The first-order valence-corrected chi connectivity index (χ1v) is 7.72. The van der Waals surface area contributed by atoms with Crippen molar-refractivity contribution in [1.82, 2.24) is 9.62 Å². The fraction of sp³-hybridized carbons (Fsp3) is 0.500. The van der Waals surface area contributed by atoms with E-state index in [-0.39, 0.29) is 16.6 Å². The number of hydrogen-bond acceptors (Lipinski definition) is 5. The molecule has 1 saturated heterocycles. The monoisotopic (exact) mass is 299 g/mol. The van der Waals surface area contributed by atoms with E-state index in [0.29, 0.717) is 12.1 Å². The Balaban J connectivity index is 2.36. The molecule has 0 saturated carbocycles. The molecule has 0 radical (unpaired) electrons. The van der Waals surface area contributed by atoms with Crippen molar-refractivity contribution >= 4 is 15.7 Å². The zero-order valence-corrected chi connectivity index (χ0v) is 12.2. The first kappa shape index (κ1) is 14.9. The molecule has 0 bridgehead atoms. The predicted octanol–water partition coefficient (Wildman–Crippen LogP) is 0.886. The van der Waals surface area contributed by atoms with E-state index in [1.54, 1.807) is 14.0 Å². The maximum Gasteiger partial charge on any atom is 0.269 e. The molecule has 1 atom stereocenters. The number of sulfonamides is 1. The second kappa shape index (κ2) is 5.47. The van der Waals surface area contributed by atoms with Crippen LogP contribution in [-0.2, 0) is 10.0 Å². The van der Waals surface area contributed by atoms with E-state index in [1.807, 2.05) is 0 Å². The van der Waals surface area contributed by atoms with Crippen LogP contribution in [0.4, 0.5) is 5.69 Å². The Morgan fingerprint density at radius 1 is 1.45 bits per heavy atom. The average Bonchev–Trinajstić information content (AvgIpc) is 2.90. The number of likely N-dealkylation sites (N-methyl/N-ethyl adjacent to an activating group) is 1. The molecule has 1 aromatic carbocycles. The van der Waals surface area contributed by atoms with Crippen molar-refractivity contribution in [3.8, 4) is 0 Å². The van der Waals surface area contributed by atoms with Crippen molar-refractivity contribution in [2.45, 2.75) is 24.3 Å². The zero-order chi connectivity index (χ0) is 14.9. The topological polar surface area (TPSA) is 92.5 Å². The minimum absolute atomic E-state index is 0.0745. The van der Waals surface area contributed by atoms with Crippen molar-refractivity contribution in [2.24, 2.45) is 0 Å². The summed E-state index contributed by atoms with van der Waals surface area (Å²) in [7, 11) is -2.08. The third-order valence-corrected chi connectivity index (χ3v) is 5.65. The third kappa shape index (κ3) is 2.67. The Morgan fingerprint density at radius 2 is 2.15 bits per heavy atom. The average molecular weight is 299 g/mol. The molecule has 7 nitrogen and oxygen atoms in total. The van der Waals surface area contributed by atoms with E-state index in [9.17, 15) is 18.5 Å². The summed E-state index contributed by atoms with van der Waals surface area (Å²) in [5.74, 6) is 0. The van der Waals surface area contributed by atoms with Crippen molar-refractivity contribution in [3.63, 3.8) is 0 Å². The lowest BCUT2D eigenvalue weighted by Crippen LogP contribution is -2.38. The smallest absolute Gasteiger partial charge is 0.269 e. The van der Waals surface area contributed by atoms with Crippen LogP contribution in [0, 0.1) is 17.0 Å². The fourth-order valence-electron chi connectivity index (χ4n) is 2.34. The van der Waals surface area contributed by atoms with Crippen LogP contribution in [0.1, 0.15) is 12.0 Å². The van der Waals surface area contributed by atoms with Gasteiger partial charge in [0.1, 0.15) is 0 Å². The van der Waals surface area contributed by atoms with Crippen LogP contribution in [0.3, 0.4) is 0 Å². The highest BCUT2D eigenvalue weighted by Gasteiger charge is 2.31. The highest BCUT2D eigenvalue weighted by molar-refractivity contribution is 7.89. The quantitative estimate of drug-likeness (QED) is 0.658. The Labute approximate surface area is 117 Å². The van der Waals surface area contributed by atoms with E-state index >= 15 is 0 Å². The number of nitro groups is 1. The normalized spacial score (nSPS) is 19.4. The Morgan fingerprint density at radius 3 is 2.65 bits per heavy atom. The van der Waals surface area contributed by atoms with E-state index in [2.05, 4.69) is 5.32 Å². The Kier molecular flexibility index (Phi) is 4.07. The lowest BCUT2D eigenvalue weighted by atomic mass is 10.2. The minimum Gasteiger partial charge on any atom is -0.315 e. The number of benzene rings is 1. The number of aryl methyl sites for hydroxylation is 1. The van der Waals surface area contributed by atoms with Gasteiger partial charge in [-0.1, -0.05) is 0 Å². The largest absolute Gasteiger partial charge is 0.315 e. The summed E-state index contributed by atoms with van der Waals surface area (Å²) in [6.45, 7) is 2.99. The summed E-state index contributed by atoms with van der Waals surface area (Å²) in [5, 5.41) is 13.8. The van der Waals surface area contributed by atoms with Crippen LogP contribution in [0.2, 0.25) is 0 Å². The van der Waals surface area contributed by atoms with Gasteiger partial charge in [0.05, 0.1) is 9.82 Å². The summed E-state index contributed by atoms with van der Waals surface area (Å²) in [6, 6.07) is 3.74. The van der Waals surface area contributed by atoms with Gasteiger partial charge in [0, 0.05) is 31.8 Å². The summed E-state index contributed by atoms with van der Waals surface area (Å²) in [4.78, 5) is 10.3. The molecule has 1 fully saturated rings. The van der Waals surface area contributed by atoms with Gasteiger partial charge in [-0.05, 0) is 31.5 Å². The molecule has 1 aliphatic heterocycles. The molecule has 110 valence electrons. The van der Waals surface area contributed by atoms with E-state index in [4.69, 9.17) is 0 Å². The molecule has 1 aromatic rings. The first-order chi connectivity index (χ1) is 9.34. The fourth-order valence-corrected chi connectivity index (χ4v) is 3.93. The van der Waals surface area contributed by atoms with Gasteiger partial charge in [-0.15, -0.1) is 0 Å². The second-order valence-electron chi connectivity index (χ2n) is 4.87. The van der Waals surface area contributed by atoms with Gasteiger partial charge in [-0.25, -0.2) is 8.42 Å². The van der Waals surface area contributed by atoms with Gasteiger partial charge in [-0.3, -0.25) is 10.1 Å². The second-order valence-corrected chi connectivity index (χ2v) is 6.84. The molecule has 1 heterocycles. The Hall–Kier alpha value is -1.51.